The quantitative estimate of drug-likeness (QED) is 0.653. The van der Waals surface area contributed by atoms with Crippen molar-refractivity contribution in [2.24, 2.45) is 0 Å². The second-order valence-corrected chi connectivity index (χ2v) is 4.86. The number of carbonyl (C=O) groups excluding carboxylic acids is 3. The Balaban J connectivity index is 1.97. The lowest BCUT2D eigenvalue weighted by molar-refractivity contribution is -0.121. The van der Waals surface area contributed by atoms with Gasteiger partial charge in [0.25, 0.3) is 5.91 Å². The minimum Gasteiger partial charge on any atom is -0.275 e. The van der Waals surface area contributed by atoms with Gasteiger partial charge in [-0.05, 0) is 29.7 Å². The molecule has 1 saturated heterocycles. The van der Waals surface area contributed by atoms with Crippen LogP contribution in [-0.4, -0.2) is 29.4 Å². The van der Waals surface area contributed by atoms with Gasteiger partial charge in [-0.25, -0.2) is 9.80 Å². The zero-order valence-electron chi connectivity index (χ0n) is 11.4. The molecule has 2 rings (SSSR count). The van der Waals surface area contributed by atoms with E-state index in [2.05, 4.69) is 10.7 Å². The monoisotopic (exact) mass is 307 g/mol. The average Bonchev–Trinajstić information content (AvgIpc) is 2.74. The molecule has 0 aromatic heterocycles. The number of hydrogen-bond acceptors (Lipinski definition) is 3. The molecular formula is C14H14ClN3O3. The maximum Gasteiger partial charge on any atom is 0.343 e. The summed E-state index contributed by atoms with van der Waals surface area (Å²) in [6.45, 7) is 1.82. The Morgan fingerprint density at radius 1 is 1.48 bits per heavy atom. The second-order valence-electron chi connectivity index (χ2n) is 4.45. The summed E-state index contributed by atoms with van der Waals surface area (Å²) in [5.41, 5.74) is 4.11. The van der Waals surface area contributed by atoms with Gasteiger partial charge in [-0.1, -0.05) is 30.7 Å². The summed E-state index contributed by atoms with van der Waals surface area (Å²) >= 11 is 6.08. The van der Waals surface area contributed by atoms with E-state index in [9.17, 15) is 14.4 Å². The van der Waals surface area contributed by atoms with Gasteiger partial charge in [-0.15, -0.1) is 0 Å². The highest BCUT2D eigenvalue weighted by molar-refractivity contribution is 6.31. The van der Waals surface area contributed by atoms with Crippen LogP contribution in [0, 0.1) is 0 Å². The summed E-state index contributed by atoms with van der Waals surface area (Å²) in [6, 6.07) is 4.86. The highest BCUT2D eigenvalue weighted by atomic mass is 35.5. The minimum absolute atomic E-state index is 0.185. The van der Waals surface area contributed by atoms with Crippen molar-refractivity contribution in [3.63, 3.8) is 0 Å². The number of aryl methyl sites for hydroxylation is 1. The summed E-state index contributed by atoms with van der Waals surface area (Å²) in [4.78, 5) is 33.9. The molecule has 110 valence electrons. The Morgan fingerprint density at radius 2 is 2.24 bits per heavy atom. The van der Waals surface area contributed by atoms with Crippen molar-refractivity contribution >= 4 is 35.5 Å². The van der Waals surface area contributed by atoms with E-state index >= 15 is 0 Å². The number of amides is 4. The van der Waals surface area contributed by atoms with Crippen LogP contribution >= 0.6 is 11.6 Å². The van der Waals surface area contributed by atoms with Crippen LogP contribution in [0.25, 0.3) is 6.08 Å². The molecule has 1 heterocycles. The molecule has 1 fully saturated rings. The summed E-state index contributed by atoms with van der Waals surface area (Å²) in [7, 11) is 0. The van der Waals surface area contributed by atoms with E-state index in [1.807, 2.05) is 19.1 Å². The van der Waals surface area contributed by atoms with Crippen LogP contribution in [0.3, 0.4) is 0 Å². The normalized spacial score (nSPS) is 14.7. The van der Waals surface area contributed by atoms with Gasteiger partial charge in [-0.3, -0.25) is 20.3 Å². The first-order valence-corrected chi connectivity index (χ1v) is 6.76. The Kier molecular flexibility index (Phi) is 4.59. The topological polar surface area (TPSA) is 78.5 Å². The molecule has 7 heteroatoms. The first-order valence-electron chi connectivity index (χ1n) is 6.38. The Labute approximate surface area is 126 Å². The summed E-state index contributed by atoms with van der Waals surface area (Å²) in [5.74, 6) is -0.957. The maximum atomic E-state index is 11.7. The molecule has 0 aliphatic carbocycles. The molecule has 21 heavy (non-hydrogen) atoms. The lowest BCUT2D eigenvalue weighted by atomic mass is 10.1. The van der Waals surface area contributed by atoms with Crippen molar-refractivity contribution in [3.05, 3.63) is 40.4 Å². The van der Waals surface area contributed by atoms with Gasteiger partial charge in [0.2, 0.25) is 5.91 Å². The molecule has 2 N–H and O–H groups in total. The Bertz CT molecular complexity index is 628. The van der Waals surface area contributed by atoms with Crippen molar-refractivity contribution in [1.29, 1.82) is 0 Å². The molecule has 1 aliphatic rings. The van der Waals surface area contributed by atoms with E-state index in [0.29, 0.717) is 5.02 Å². The number of rotatable bonds is 4. The van der Waals surface area contributed by atoms with Gasteiger partial charge in [0.15, 0.2) is 0 Å². The summed E-state index contributed by atoms with van der Waals surface area (Å²) in [5, 5.41) is 3.62. The molecule has 1 aromatic carbocycles. The van der Waals surface area contributed by atoms with Crippen LogP contribution in [0.5, 0.6) is 0 Å². The van der Waals surface area contributed by atoms with Gasteiger partial charge in [0.1, 0.15) is 6.54 Å². The highest BCUT2D eigenvalue weighted by Crippen LogP contribution is 2.19. The second kappa shape index (κ2) is 6.41. The van der Waals surface area contributed by atoms with Crippen molar-refractivity contribution in [1.82, 2.24) is 15.8 Å². The van der Waals surface area contributed by atoms with Gasteiger partial charge in [0.05, 0.1) is 0 Å². The first kappa shape index (κ1) is 15.1. The van der Waals surface area contributed by atoms with Crippen molar-refractivity contribution < 1.29 is 14.4 Å². The molecule has 0 atom stereocenters. The number of nitrogens with zero attached hydrogens (tertiary/aromatic N) is 1. The molecule has 4 amide bonds. The third kappa shape index (κ3) is 3.82. The van der Waals surface area contributed by atoms with Crippen LogP contribution in [-0.2, 0) is 16.0 Å². The van der Waals surface area contributed by atoms with E-state index in [1.165, 1.54) is 6.08 Å². The fraction of sp³-hybridized carbons (Fsp3) is 0.214. The van der Waals surface area contributed by atoms with Crippen molar-refractivity contribution in [2.45, 2.75) is 13.3 Å². The summed E-state index contributed by atoms with van der Waals surface area (Å²) in [6.07, 6.45) is 3.69. The lowest BCUT2D eigenvalue weighted by Gasteiger charge is -2.12. The molecule has 0 radical (unpaired) electrons. The number of carbonyl (C=O) groups is 3. The minimum atomic E-state index is -0.642. The Hall–Kier alpha value is -2.34. The number of imide groups is 1. The zero-order chi connectivity index (χ0) is 15.4. The van der Waals surface area contributed by atoms with Crippen LogP contribution < -0.4 is 10.7 Å². The molecule has 0 saturated carbocycles. The molecule has 6 nitrogen and oxygen atoms in total. The molecular weight excluding hydrogens is 294 g/mol. The van der Waals surface area contributed by atoms with Gasteiger partial charge in [-0.2, -0.15) is 0 Å². The van der Waals surface area contributed by atoms with E-state index < -0.39 is 17.8 Å². The molecule has 0 bridgehead atoms. The van der Waals surface area contributed by atoms with Crippen LogP contribution in [0.4, 0.5) is 4.79 Å². The average molecular weight is 308 g/mol. The van der Waals surface area contributed by atoms with Crippen LogP contribution in [0.15, 0.2) is 24.3 Å². The predicted molar refractivity (Wildman–Crippen MR) is 78.3 cm³/mol. The van der Waals surface area contributed by atoms with E-state index in [-0.39, 0.29) is 6.54 Å². The highest BCUT2D eigenvalue weighted by Gasteiger charge is 2.27. The zero-order valence-corrected chi connectivity index (χ0v) is 12.1. The van der Waals surface area contributed by atoms with Gasteiger partial charge >= 0.3 is 6.03 Å². The lowest BCUT2D eigenvalue weighted by Crippen LogP contribution is -2.43. The van der Waals surface area contributed by atoms with E-state index in [0.717, 1.165) is 22.6 Å². The number of urea groups is 1. The molecule has 1 aromatic rings. The predicted octanol–water partition coefficient (Wildman–Crippen LogP) is 1.50. The largest absolute Gasteiger partial charge is 0.343 e. The Morgan fingerprint density at radius 3 is 2.81 bits per heavy atom. The molecule has 1 aliphatic heterocycles. The summed E-state index contributed by atoms with van der Waals surface area (Å²) < 4.78 is 0. The van der Waals surface area contributed by atoms with Crippen LogP contribution in [0.2, 0.25) is 5.02 Å². The van der Waals surface area contributed by atoms with E-state index in [4.69, 9.17) is 11.6 Å². The number of hydrazine groups is 1. The number of benzene rings is 1. The van der Waals surface area contributed by atoms with Gasteiger partial charge in [0, 0.05) is 11.1 Å². The fourth-order valence-electron chi connectivity index (χ4n) is 1.83. The smallest absolute Gasteiger partial charge is 0.275 e. The standard InChI is InChI=1S/C14H14ClN3O3/c1-2-10-5-3-9(7-11(10)15)4-6-12(19)17-18-8-13(20)16-14(18)21/h3-7H,2,8H2,1H3,(H,17,19)(H,16,20,21). The van der Waals surface area contributed by atoms with Gasteiger partial charge < -0.3 is 0 Å². The molecule has 0 unspecified atom stereocenters. The third-order valence-corrected chi connectivity index (χ3v) is 3.28. The van der Waals surface area contributed by atoms with Crippen molar-refractivity contribution in [2.75, 3.05) is 6.54 Å². The third-order valence-electron chi connectivity index (χ3n) is 2.92. The number of halogens is 1. The number of nitrogens with one attached hydrogen (secondary N) is 2. The number of hydrogen-bond donors (Lipinski definition) is 2. The van der Waals surface area contributed by atoms with Crippen LogP contribution in [0.1, 0.15) is 18.1 Å². The van der Waals surface area contributed by atoms with E-state index in [1.54, 1.807) is 12.1 Å². The SMILES string of the molecule is CCc1ccc(C=CC(=O)NN2CC(=O)NC2=O)cc1Cl. The molecule has 0 spiro atoms. The first-order chi connectivity index (χ1) is 9.99. The van der Waals surface area contributed by atoms with Crippen molar-refractivity contribution in [3.8, 4) is 0 Å². The maximum absolute atomic E-state index is 11.7. The fourth-order valence-corrected chi connectivity index (χ4v) is 2.15.